The highest BCUT2D eigenvalue weighted by atomic mass is 16.5. The third-order valence-corrected chi connectivity index (χ3v) is 4.85. The van der Waals surface area contributed by atoms with Gasteiger partial charge < -0.3 is 9.84 Å². The standard InChI is InChI=1S/C19H23N5O2/c1-4-5-8-24-17(11(2)10-20-24)22-18(25)14-9-15(13-6-7-13)21-19-16(14)12(3)23-26-19/h9-10,13H,4-8H2,1-3H3,(H,22,25). The quantitative estimate of drug-likeness (QED) is 0.725. The van der Waals surface area contributed by atoms with E-state index in [1.54, 1.807) is 6.20 Å². The van der Waals surface area contributed by atoms with Gasteiger partial charge in [0.2, 0.25) is 0 Å². The Labute approximate surface area is 151 Å². The summed E-state index contributed by atoms with van der Waals surface area (Å²) in [6.07, 6.45) is 6.08. The van der Waals surface area contributed by atoms with Crippen LogP contribution in [-0.2, 0) is 6.54 Å². The monoisotopic (exact) mass is 353 g/mol. The fourth-order valence-electron chi connectivity index (χ4n) is 3.18. The number of nitrogens with one attached hydrogen (secondary N) is 1. The van der Waals surface area contributed by atoms with Gasteiger partial charge in [0.05, 0.1) is 22.8 Å². The van der Waals surface area contributed by atoms with Gasteiger partial charge in [-0.3, -0.25) is 4.79 Å². The minimum Gasteiger partial charge on any atom is -0.336 e. The predicted octanol–water partition coefficient (Wildman–Crippen LogP) is 3.97. The molecule has 7 heteroatoms. The van der Waals surface area contributed by atoms with E-state index in [-0.39, 0.29) is 5.91 Å². The fourth-order valence-corrected chi connectivity index (χ4v) is 3.18. The lowest BCUT2D eigenvalue weighted by atomic mass is 10.1. The number of anilines is 1. The zero-order valence-corrected chi connectivity index (χ0v) is 15.4. The number of amides is 1. The Morgan fingerprint density at radius 2 is 2.19 bits per heavy atom. The summed E-state index contributed by atoms with van der Waals surface area (Å²) in [5.74, 6) is 0.996. The van der Waals surface area contributed by atoms with Gasteiger partial charge in [0.1, 0.15) is 5.82 Å². The summed E-state index contributed by atoms with van der Waals surface area (Å²) in [6, 6.07) is 1.89. The highest BCUT2D eigenvalue weighted by Gasteiger charge is 2.29. The highest BCUT2D eigenvalue weighted by molar-refractivity contribution is 6.12. The van der Waals surface area contributed by atoms with Crippen LogP contribution in [-0.4, -0.2) is 25.8 Å². The van der Waals surface area contributed by atoms with E-state index >= 15 is 0 Å². The highest BCUT2D eigenvalue weighted by Crippen LogP contribution is 2.40. The summed E-state index contributed by atoms with van der Waals surface area (Å²) in [5, 5.41) is 12.1. The van der Waals surface area contributed by atoms with Crippen LogP contribution in [0.2, 0.25) is 0 Å². The molecular formula is C19H23N5O2. The van der Waals surface area contributed by atoms with Gasteiger partial charge in [0.25, 0.3) is 11.6 Å². The van der Waals surface area contributed by atoms with Crippen LogP contribution in [0.15, 0.2) is 16.8 Å². The summed E-state index contributed by atoms with van der Waals surface area (Å²) < 4.78 is 7.19. The molecule has 0 saturated heterocycles. The molecule has 0 bridgehead atoms. The maximum absolute atomic E-state index is 13.1. The summed E-state index contributed by atoms with van der Waals surface area (Å²) >= 11 is 0. The summed E-state index contributed by atoms with van der Waals surface area (Å²) in [5.41, 5.74) is 3.54. The lowest BCUT2D eigenvalue weighted by Crippen LogP contribution is -2.17. The second kappa shape index (κ2) is 6.55. The van der Waals surface area contributed by atoms with Crippen molar-refractivity contribution in [3.05, 3.63) is 34.8 Å². The Morgan fingerprint density at radius 3 is 2.92 bits per heavy atom. The lowest BCUT2D eigenvalue weighted by Gasteiger charge is -2.11. The zero-order chi connectivity index (χ0) is 18.3. The first-order valence-electron chi connectivity index (χ1n) is 9.19. The number of hydrogen-bond donors (Lipinski definition) is 1. The molecule has 1 N–H and O–H groups in total. The molecule has 0 aromatic carbocycles. The molecule has 7 nitrogen and oxygen atoms in total. The number of aryl methyl sites for hydroxylation is 3. The topological polar surface area (TPSA) is 85.8 Å². The van der Waals surface area contributed by atoms with E-state index in [9.17, 15) is 4.79 Å². The van der Waals surface area contributed by atoms with Crippen LogP contribution >= 0.6 is 0 Å². The van der Waals surface area contributed by atoms with E-state index in [0.717, 1.165) is 49.3 Å². The first-order valence-corrected chi connectivity index (χ1v) is 9.19. The van der Waals surface area contributed by atoms with Crippen LogP contribution in [0, 0.1) is 13.8 Å². The average Bonchev–Trinajstić information content (AvgIpc) is 3.35. The molecule has 1 amide bonds. The van der Waals surface area contributed by atoms with Crippen molar-refractivity contribution in [3.63, 3.8) is 0 Å². The number of unbranched alkanes of at least 4 members (excludes halogenated alkanes) is 1. The van der Waals surface area contributed by atoms with Crippen molar-refractivity contribution in [2.45, 2.75) is 58.9 Å². The van der Waals surface area contributed by atoms with Gasteiger partial charge in [0, 0.05) is 23.7 Å². The molecule has 0 unspecified atom stereocenters. The predicted molar refractivity (Wildman–Crippen MR) is 98.3 cm³/mol. The fraction of sp³-hybridized carbons (Fsp3) is 0.474. The van der Waals surface area contributed by atoms with Crippen molar-refractivity contribution in [2.75, 3.05) is 5.32 Å². The summed E-state index contributed by atoms with van der Waals surface area (Å²) in [7, 11) is 0. The summed E-state index contributed by atoms with van der Waals surface area (Å²) in [4.78, 5) is 17.6. The molecule has 26 heavy (non-hydrogen) atoms. The second-order valence-electron chi connectivity index (χ2n) is 7.02. The largest absolute Gasteiger partial charge is 0.336 e. The van der Waals surface area contributed by atoms with E-state index < -0.39 is 0 Å². The van der Waals surface area contributed by atoms with E-state index in [1.165, 1.54) is 0 Å². The van der Waals surface area contributed by atoms with Gasteiger partial charge in [-0.1, -0.05) is 18.5 Å². The van der Waals surface area contributed by atoms with Crippen LogP contribution in [0.4, 0.5) is 5.82 Å². The molecule has 0 radical (unpaired) electrons. The van der Waals surface area contributed by atoms with E-state index in [2.05, 4.69) is 27.5 Å². The maximum atomic E-state index is 13.1. The van der Waals surface area contributed by atoms with E-state index in [4.69, 9.17) is 4.52 Å². The molecule has 0 atom stereocenters. The Hall–Kier alpha value is -2.70. The normalized spacial score (nSPS) is 14.1. The number of pyridine rings is 1. The Morgan fingerprint density at radius 1 is 1.38 bits per heavy atom. The number of rotatable bonds is 6. The van der Waals surface area contributed by atoms with Crippen LogP contribution < -0.4 is 5.32 Å². The van der Waals surface area contributed by atoms with Crippen LogP contribution in [0.3, 0.4) is 0 Å². The van der Waals surface area contributed by atoms with E-state index in [0.29, 0.717) is 28.3 Å². The number of aromatic nitrogens is 4. The van der Waals surface area contributed by atoms with Crippen molar-refractivity contribution >= 4 is 22.8 Å². The molecule has 1 fully saturated rings. The van der Waals surface area contributed by atoms with Gasteiger partial charge in [-0.2, -0.15) is 5.10 Å². The molecule has 3 aromatic heterocycles. The third-order valence-electron chi connectivity index (χ3n) is 4.85. The van der Waals surface area contributed by atoms with Crippen LogP contribution in [0.5, 0.6) is 0 Å². The number of nitrogens with zero attached hydrogens (tertiary/aromatic N) is 4. The van der Waals surface area contributed by atoms with Crippen molar-refractivity contribution in [3.8, 4) is 0 Å². The molecule has 136 valence electrons. The van der Waals surface area contributed by atoms with Gasteiger partial charge in [-0.25, -0.2) is 9.67 Å². The van der Waals surface area contributed by atoms with Crippen LogP contribution in [0.1, 0.15) is 65.8 Å². The molecule has 1 aliphatic carbocycles. The molecule has 1 saturated carbocycles. The Balaban J connectivity index is 1.70. The molecular weight excluding hydrogens is 330 g/mol. The number of carbonyl (C=O) groups excluding carboxylic acids is 1. The maximum Gasteiger partial charge on any atom is 0.259 e. The first kappa shape index (κ1) is 16.8. The van der Waals surface area contributed by atoms with Gasteiger partial charge in [-0.15, -0.1) is 0 Å². The van der Waals surface area contributed by atoms with E-state index in [1.807, 2.05) is 24.6 Å². The molecule has 0 spiro atoms. The number of carbonyl (C=O) groups is 1. The Bertz CT molecular complexity index is 968. The van der Waals surface area contributed by atoms with Gasteiger partial charge in [-0.05, 0) is 39.2 Å². The van der Waals surface area contributed by atoms with Crippen molar-refractivity contribution in [2.24, 2.45) is 0 Å². The van der Waals surface area contributed by atoms with Gasteiger partial charge in [0.15, 0.2) is 0 Å². The average molecular weight is 353 g/mol. The zero-order valence-electron chi connectivity index (χ0n) is 15.4. The Kier molecular flexibility index (Phi) is 4.22. The number of fused-ring (bicyclic) bond motifs is 1. The minimum atomic E-state index is -0.174. The summed E-state index contributed by atoms with van der Waals surface area (Å²) in [6.45, 7) is 6.70. The molecule has 1 aliphatic rings. The lowest BCUT2D eigenvalue weighted by molar-refractivity contribution is 0.102. The van der Waals surface area contributed by atoms with Crippen molar-refractivity contribution in [1.82, 2.24) is 19.9 Å². The smallest absolute Gasteiger partial charge is 0.259 e. The third kappa shape index (κ3) is 2.98. The van der Waals surface area contributed by atoms with Crippen LogP contribution in [0.25, 0.3) is 11.1 Å². The van der Waals surface area contributed by atoms with Crippen molar-refractivity contribution < 1.29 is 9.32 Å². The van der Waals surface area contributed by atoms with Gasteiger partial charge >= 0.3 is 0 Å². The molecule has 3 aromatic rings. The SMILES string of the molecule is CCCCn1ncc(C)c1NC(=O)c1cc(C2CC2)nc2onc(C)c12. The van der Waals surface area contributed by atoms with Crippen molar-refractivity contribution in [1.29, 1.82) is 0 Å². The second-order valence-corrected chi connectivity index (χ2v) is 7.02. The molecule has 3 heterocycles. The molecule has 4 rings (SSSR count). The molecule has 0 aliphatic heterocycles. The number of hydrogen-bond acceptors (Lipinski definition) is 5. The minimum absolute atomic E-state index is 0.174. The first-order chi connectivity index (χ1) is 12.6.